The van der Waals surface area contributed by atoms with Gasteiger partial charge in [0.1, 0.15) is 17.7 Å². The monoisotopic (exact) mass is 276 g/mol. The molecule has 104 valence electrons. The Morgan fingerprint density at radius 2 is 1.85 bits per heavy atom. The van der Waals surface area contributed by atoms with Gasteiger partial charge >= 0.3 is 5.97 Å². The van der Waals surface area contributed by atoms with Crippen LogP contribution in [0.3, 0.4) is 0 Å². The molecule has 0 aliphatic carbocycles. The SMILES string of the molecule is CC(OC(=O)Cc1ccccc1)c1ccc(F)cc1F. The highest BCUT2D eigenvalue weighted by atomic mass is 19.1. The fourth-order valence-electron chi connectivity index (χ4n) is 1.90. The minimum Gasteiger partial charge on any atom is -0.457 e. The van der Waals surface area contributed by atoms with Crippen LogP contribution in [0.2, 0.25) is 0 Å². The van der Waals surface area contributed by atoms with E-state index in [1.54, 1.807) is 6.92 Å². The average molecular weight is 276 g/mol. The second kappa shape index (κ2) is 6.28. The van der Waals surface area contributed by atoms with Gasteiger partial charge in [0.2, 0.25) is 0 Å². The number of ether oxygens (including phenoxy) is 1. The lowest BCUT2D eigenvalue weighted by molar-refractivity contribution is -0.147. The van der Waals surface area contributed by atoms with Crippen LogP contribution in [0.5, 0.6) is 0 Å². The number of hydrogen-bond donors (Lipinski definition) is 0. The molecule has 0 aliphatic heterocycles. The Morgan fingerprint density at radius 3 is 2.50 bits per heavy atom. The van der Waals surface area contributed by atoms with Crippen molar-refractivity contribution in [2.24, 2.45) is 0 Å². The van der Waals surface area contributed by atoms with Gasteiger partial charge < -0.3 is 4.74 Å². The van der Waals surface area contributed by atoms with E-state index in [1.807, 2.05) is 30.3 Å². The van der Waals surface area contributed by atoms with Crippen molar-refractivity contribution in [3.05, 3.63) is 71.3 Å². The van der Waals surface area contributed by atoms with Crippen LogP contribution in [0.4, 0.5) is 8.78 Å². The van der Waals surface area contributed by atoms with Crippen LogP contribution in [0, 0.1) is 11.6 Å². The predicted octanol–water partition coefficient (Wildman–Crippen LogP) is 3.81. The minimum absolute atomic E-state index is 0.119. The number of carbonyl (C=O) groups is 1. The molecule has 0 N–H and O–H groups in total. The van der Waals surface area contributed by atoms with E-state index in [2.05, 4.69) is 0 Å². The van der Waals surface area contributed by atoms with Crippen molar-refractivity contribution in [1.82, 2.24) is 0 Å². The molecule has 0 heterocycles. The molecule has 0 saturated heterocycles. The second-order valence-electron chi connectivity index (χ2n) is 4.46. The van der Waals surface area contributed by atoms with Crippen LogP contribution in [0.15, 0.2) is 48.5 Å². The van der Waals surface area contributed by atoms with E-state index in [0.29, 0.717) is 0 Å². The van der Waals surface area contributed by atoms with Gasteiger partial charge in [-0.3, -0.25) is 4.79 Å². The van der Waals surface area contributed by atoms with E-state index in [9.17, 15) is 13.6 Å². The summed E-state index contributed by atoms with van der Waals surface area (Å²) in [7, 11) is 0. The topological polar surface area (TPSA) is 26.3 Å². The van der Waals surface area contributed by atoms with Crippen molar-refractivity contribution in [1.29, 1.82) is 0 Å². The number of benzene rings is 2. The summed E-state index contributed by atoms with van der Waals surface area (Å²) < 4.78 is 31.5. The predicted molar refractivity (Wildman–Crippen MR) is 71.0 cm³/mol. The Bertz CT molecular complexity index is 597. The van der Waals surface area contributed by atoms with Crippen molar-refractivity contribution in [2.45, 2.75) is 19.4 Å². The summed E-state index contributed by atoms with van der Waals surface area (Å²) in [6, 6.07) is 12.3. The van der Waals surface area contributed by atoms with E-state index in [1.165, 1.54) is 6.07 Å². The molecule has 2 aromatic rings. The summed E-state index contributed by atoms with van der Waals surface area (Å²) >= 11 is 0. The number of rotatable bonds is 4. The number of halogens is 2. The molecule has 0 spiro atoms. The summed E-state index contributed by atoms with van der Waals surface area (Å²) in [6.45, 7) is 1.55. The van der Waals surface area contributed by atoms with Gasteiger partial charge in [-0.1, -0.05) is 30.3 Å². The molecule has 2 rings (SSSR count). The maximum atomic E-state index is 13.5. The first kappa shape index (κ1) is 14.2. The Morgan fingerprint density at radius 1 is 1.15 bits per heavy atom. The van der Waals surface area contributed by atoms with Crippen molar-refractivity contribution < 1.29 is 18.3 Å². The maximum absolute atomic E-state index is 13.5. The molecule has 2 aromatic carbocycles. The quantitative estimate of drug-likeness (QED) is 0.794. The molecule has 0 saturated carbocycles. The van der Waals surface area contributed by atoms with Crippen LogP contribution < -0.4 is 0 Å². The molecule has 4 heteroatoms. The normalized spacial score (nSPS) is 11.9. The highest BCUT2D eigenvalue weighted by molar-refractivity contribution is 5.72. The molecule has 1 unspecified atom stereocenters. The van der Waals surface area contributed by atoms with Crippen molar-refractivity contribution in [3.8, 4) is 0 Å². The van der Waals surface area contributed by atoms with E-state index >= 15 is 0 Å². The van der Waals surface area contributed by atoms with Crippen LogP contribution >= 0.6 is 0 Å². The molecular formula is C16H14F2O2. The highest BCUT2D eigenvalue weighted by Gasteiger charge is 2.16. The average Bonchev–Trinajstić information content (AvgIpc) is 2.39. The highest BCUT2D eigenvalue weighted by Crippen LogP contribution is 2.21. The van der Waals surface area contributed by atoms with Crippen LogP contribution in [0.25, 0.3) is 0 Å². The number of esters is 1. The van der Waals surface area contributed by atoms with Gasteiger partial charge in [0.05, 0.1) is 6.42 Å². The zero-order valence-electron chi connectivity index (χ0n) is 11.0. The summed E-state index contributed by atoms with van der Waals surface area (Å²) in [5.41, 5.74) is 0.983. The number of carbonyl (C=O) groups excluding carboxylic acids is 1. The first-order chi connectivity index (χ1) is 9.56. The van der Waals surface area contributed by atoms with Crippen molar-refractivity contribution >= 4 is 5.97 Å². The fourth-order valence-corrected chi connectivity index (χ4v) is 1.90. The summed E-state index contributed by atoms with van der Waals surface area (Å²) in [5, 5.41) is 0. The Hall–Kier alpha value is -2.23. The summed E-state index contributed by atoms with van der Waals surface area (Å²) in [5.74, 6) is -1.83. The molecule has 0 aromatic heterocycles. The van der Waals surface area contributed by atoms with Gasteiger partial charge in [-0.25, -0.2) is 8.78 Å². The molecule has 0 amide bonds. The smallest absolute Gasteiger partial charge is 0.310 e. The zero-order valence-corrected chi connectivity index (χ0v) is 11.0. The molecule has 0 bridgehead atoms. The Kier molecular flexibility index (Phi) is 4.45. The zero-order chi connectivity index (χ0) is 14.5. The summed E-state index contributed by atoms with van der Waals surface area (Å²) in [4.78, 5) is 11.8. The van der Waals surface area contributed by atoms with E-state index in [0.717, 1.165) is 17.7 Å². The largest absolute Gasteiger partial charge is 0.457 e. The molecule has 0 radical (unpaired) electrons. The molecule has 2 nitrogen and oxygen atoms in total. The first-order valence-electron chi connectivity index (χ1n) is 6.24. The lowest BCUT2D eigenvalue weighted by atomic mass is 10.1. The molecule has 1 atom stereocenters. The summed E-state index contributed by atoms with van der Waals surface area (Å²) in [6.07, 6.45) is -0.639. The third-order valence-corrected chi connectivity index (χ3v) is 2.90. The Balaban J connectivity index is 2.00. The van der Waals surface area contributed by atoms with Crippen LogP contribution in [-0.4, -0.2) is 5.97 Å². The third-order valence-electron chi connectivity index (χ3n) is 2.90. The fraction of sp³-hybridized carbons (Fsp3) is 0.188. The lowest BCUT2D eigenvalue weighted by Gasteiger charge is -2.14. The molecule has 0 fully saturated rings. The second-order valence-corrected chi connectivity index (χ2v) is 4.46. The molecule has 0 aliphatic rings. The number of hydrogen-bond acceptors (Lipinski definition) is 2. The molecular weight excluding hydrogens is 262 g/mol. The van der Waals surface area contributed by atoms with Gasteiger partial charge in [0.25, 0.3) is 0 Å². The van der Waals surface area contributed by atoms with Gasteiger partial charge in [0.15, 0.2) is 0 Å². The van der Waals surface area contributed by atoms with Crippen LogP contribution in [-0.2, 0) is 16.0 Å². The first-order valence-corrected chi connectivity index (χ1v) is 6.24. The molecule has 20 heavy (non-hydrogen) atoms. The van der Waals surface area contributed by atoms with E-state index in [-0.39, 0.29) is 12.0 Å². The van der Waals surface area contributed by atoms with Gasteiger partial charge in [0, 0.05) is 11.6 Å². The van der Waals surface area contributed by atoms with Crippen molar-refractivity contribution in [2.75, 3.05) is 0 Å². The lowest BCUT2D eigenvalue weighted by Crippen LogP contribution is -2.12. The van der Waals surface area contributed by atoms with Crippen molar-refractivity contribution in [3.63, 3.8) is 0 Å². The van der Waals surface area contributed by atoms with Crippen LogP contribution in [0.1, 0.15) is 24.2 Å². The minimum atomic E-state index is -0.758. The Labute approximate surface area is 116 Å². The van der Waals surface area contributed by atoms with Gasteiger partial charge in [-0.05, 0) is 24.6 Å². The third kappa shape index (κ3) is 3.63. The van der Waals surface area contributed by atoms with Gasteiger partial charge in [-0.15, -0.1) is 0 Å². The maximum Gasteiger partial charge on any atom is 0.310 e. The van der Waals surface area contributed by atoms with E-state index in [4.69, 9.17) is 4.74 Å². The van der Waals surface area contributed by atoms with E-state index < -0.39 is 23.7 Å². The van der Waals surface area contributed by atoms with Gasteiger partial charge in [-0.2, -0.15) is 0 Å². The standard InChI is InChI=1S/C16H14F2O2/c1-11(14-8-7-13(17)10-15(14)18)20-16(19)9-12-5-3-2-4-6-12/h2-8,10-11H,9H2,1H3.